The van der Waals surface area contributed by atoms with Gasteiger partial charge in [0, 0.05) is 0 Å². The van der Waals surface area contributed by atoms with Crippen LogP contribution in [0.25, 0.3) is 0 Å². The van der Waals surface area contributed by atoms with Crippen molar-refractivity contribution in [2.45, 2.75) is 18.2 Å². The SMILES string of the molecule is O=C(C(O)C(O)CO)C(O)(O)O. The normalized spacial score (nSPS) is 17.2. The molecule has 0 saturated carbocycles. The highest BCUT2D eigenvalue weighted by Crippen LogP contribution is 2.03. The first kappa shape index (κ1) is 11.4. The van der Waals surface area contributed by atoms with E-state index in [0.29, 0.717) is 0 Å². The largest absolute Gasteiger partial charge is 0.394 e. The standard InChI is InChI=1S/C5H10O7/c6-1-2(7)3(8)4(9)5(10,11)12/h2-3,6-8,10-12H,1H2. The first-order valence-electron chi connectivity index (χ1n) is 2.99. The van der Waals surface area contributed by atoms with Gasteiger partial charge < -0.3 is 30.6 Å². The van der Waals surface area contributed by atoms with Crippen molar-refractivity contribution < 1.29 is 35.4 Å². The van der Waals surface area contributed by atoms with Crippen LogP contribution in [0.2, 0.25) is 0 Å². The lowest BCUT2D eigenvalue weighted by molar-refractivity contribution is -0.293. The number of Topliss-reactive ketones (excluding diaryl/α,β-unsaturated/α-hetero) is 1. The van der Waals surface area contributed by atoms with E-state index in [1.165, 1.54) is 0 Å². The minimum Gasteiger partial charge on any atom is -0.394 e. The van der Waals surface area contributed by atoms with Crippen molar-refractivity contribution in [2.24, 2.45) is 0 Å². The molecule has 0 fully saturated rings. The number of aliphatic hydroxyl groups is 6. The molecule has 0 aromatic heterocycles. The zero-order valence-electron chi connectivity index (χ0n) is 5.95. The maximum atomic E-state index is 10.5. The molecule has 0 spiro atoms. The molecule has 2 atom stereocenters. The van der Waals surface area contributed by atoms with Gasteiger partial charge in [-0.3, -0.25) is 4.79 Å². The van der Waals surface area contributed by atoms with E-state index in [0.717, 1.165) is 0 Å². The highest BCUT2D eigenvalue weighted by Gasteiger charge is 2.38. The third-order valence-electron chi connectivity index (χ3n) is 1.15. The molecule has 6 N–H and O–H groups in total. The molecule has 0 aliphatic rings. The van der Waals surface area contributed by atoms with Crippen LogP contribution >= 0.6 is 0 Å². The lowest BCUT2D eigenvalue weighted by Gasteiger charge is -2.19. The smallest absolute Gasteiger partial charge is 0.342 e. The van der Waals surface area contributed by atoms with Gasteiger partial charge in [-0.2, -0.15) is 0 Å². The molecule has 0 aromatic carbocycles. The van der Waals surface area contributed by atoms with Gasteiger partial charge in [-0.15, -0.1) is 0 Å². The Hall–Kier alpha value is -0.570. The molecule has 0 aliphatic carbocycles. The molecule has 0 aliphatic heterocycles. The van der Waals surface area contributed by atoms with Crippen molar-refractivity contribution in [2.75, 3.05) is 6.61 Å². The third-order valence-corrected chi connectivity index (χ3v) is 1.15. The molecule has 12 heavy (non-hydrogen) atoms. The number of rotatable bonds is 4. The van der Waals surface area contributed by atoms with E-state index in [1.807, 2.05) is 0 Å². The summed E-state index contributed by atoms with van der Waals surface area (Å²) >= 11 is 0. The van der Waals surface area contributed by atoms with Crippen LogP contribution in [0.1, 0.15) is 0 Å². The van der Waals surface area contributed by atoms with Crippen LogP contribution in [0.15, 0.2) is 0 Å². The summed E-state index contributed by atoms with van der Waals surface area (Å²) in [5.41, 5.74) is 0. The second-order valence-corrected chi connectivity index (χ2v) is 2.19. The summed E-state index contributed by atoms with van der Waals surface area (Å²) in [6.45, 7) is -0.941. The summed E-state index contributed by atoms with van der Waals surface area (Å²) in [5, 5.41) is 50.1. The summed E-state index contributed by atoms with van der Waals surface area (Å²) in [6.07, 6.45) is -4.10. The summed E-state index contributed by atoms with van der Waals surface area (Å²) in [7, 11) is 0. The fourth-order valence-corrected chi connectivity index (χ4v) is 0.473. The summed E-state index contributed by atoms with van der Waals surface area (Å²) in [6, 6.07) is 0. The maximum Gasteiger partial charge on any atom is 0.342 e. The van der Waals surface area contributed by atoms with Gasteiger partial charge in [0.2, 0.25) is 0 Å². The van der Waals surface area contributed by atoms with Gasteiger partial charge in [0.25, 0.3) is 5.78 Å². The van der Waals surface area contributed by atoms with Crippen molar-refractivity contribution in [1.82, 2.24) is 0 Å². The van der Waals surface area contributed by atoms with E-state index in [-0.39, 0.29) is 0 Å². The van der Waals surface area contributed by atoms with Crippen LogP contribution in [-0.4, -0.2) is 61.2 Å². The first-order chi connectivity index (χ1) is 5.30. The Kier molecular flexibility index (Phi) is 3.71. The fraction of sp³-hybridized carbons (Fsp3) is 0.800. The Labute approximate surface area is 67.1 Å². The zero-order chi connectivity index (χ0) is 9.94. The lowest BCUT2D eigenvalue weighted by atomic mass is 10.1. The molecule has 0 rings (SSSR count). The molecule has 2 unspecified atom stereocenters. The molecule has 72 valence electrons. The quantitative estimate of drug-likeness (QED) is 0.243. The number of ketones is 1. The minimum atomic E-state index is -3.70. The first-order valence-corrected chi connectivity index (χ1v) is 2.99. The van der Waals surface area contributed by atoms with Crippen molar-refractivity contribution in [3.8, 4) is 0 Å². The highest BCUT2D eigenvalue weighted by molar-refractivity contribution is 5.88. The summed E-state index contributed by atoms with van der Waals surface area (Å²) < 4.78 is 0. The topological polar surface area (TPSA) is 138 Å². The van der Waals surface area contributed by atoms with E-state index >= 15 is 0 Å². The van der Waals surface area contributed by atoms with Crippen LogP contribution in [0, 0.1) is 0 Å². The van der Waals surface area contributed by atoms with Gasteiger partial charge in [0.15, 0.2) is 0 Å². The molecule has 0 saturated heterocycles. The Balaban J connectivity index is 4.30. The van der Waals surface area contributed by atoms with E-state index in [1.54, 1.807) is 0 Å². The van der Waals surface area contributed by atoms with Gasteiger partial charge >= 0.3 is 5.97 Å². The molecule has 0 heterocycles. The van der Waals surface area contributed by atoms with E-state index < -0.39 is 30.6 Å². The highest BCUT2D eigenvalue weighted by atomic mass is 16.7. The number of carbonyl (C=O) groups excluding carboxylic acids is 1. The predicted octanol–water partition coefficient (Wildman–Crippen LogP) is -4.10. The van der Waals surface area contributed by atoms with Crippen LogP contribution in [0.3, 0.4) is 0 Å². The number of aliphatic hydroxyl groups excluding tert-OH is 3. The number of hydrogen-bond acceptors (Lipinski definition) is 7. The minimum absolute atomic E-state index is 0.941. The molecule has 0 aromatic rings. The van der Waals surface area contributed by atoms with Gasteiger partial charge in [0.1, 0.15) is 12.2 Å². The molecule has 0 radical (unpaired) electrons. The van der Waals surface area contributed by atoms with Crippen LogP contribution < -0.4 is 0 Å². The summed E-state index contributed by atoms with van der Waals surface area (Å²) in [5.74, 6) is -5.50. The van der Waals surface area contributed by atoms with Crippen LogP contribution in [0.5, 0.6) is 0 Å². The fourth-order valence-electron chi connectivity index (χ4n) is 0.473. The van der Waals surface area contributed by atoms with E-state index in [2.05, 4.69) is 0 Å². The Morgan fingerprint density at radius 1 is 1.25 bits per heavy atom. The van der Waals surface area contributed by atoms with Gasteiger partial charge in [-0.25, -0.2) is 0 Å². The number of carbonyl (C=O) groups is 1. The monoisotopic (exact) mass is 182 g/mol. The Morgan fingerprint density at radius 3 is 1.92 bits per heavy atom. The van der Waals surface area contributed by atoms with Gasteiger partial charge in [0.05, 0.1) is 6.61 Å². The van der Waals surface area contributed by atoms with E-state index in [4.69, 9.17) is 30.6 Å². The van der Waals surface area contributed by atoms with Crippen molar-refractivity contribution in [3.05, 3.63) is 0 Å². The van der Waals surface area contributed by atoms with Crippen molar-refractivity contribution in [1.29, 1.82) is 0 Å². The van der Waals surface area contributed by atoms with Crippen LogP contribution in [0.4, 0.5) is 0 Å². The Bertz CT molecular complexity index is 160. The maximum absolute atomic E-state index is 10.5. The van der Waals surface area contributed by atoms with E-state index in [9.17, 15) is 4.79 Å². The molecular formula is C5H10O7. The predicted molar refractivity (Wildman–Crippen MR) is 33.5 cm³/mol. The molecule has 7 heteroatoms. The molecule has 7 nitrogen and oxygen atoms in total. The second-order valence-electron chi connectivity index (χ2n) is 2.19. The molecule has 0 amide bonds. The number of hydrogen-bond donors (Lipinski definition) is 6. The second kappa shape index (κ2) is 3.90. The van der Waals surface area contributed by atoms with Gasteiger partial charge in [-0.1, -0.05) is 0 Å². The lowest BCUT2D eigenvalue weighted by Crippen LogP contribution is -2.50. The van der Waals surface area contributed by atoms with Crippen molar-refractivity contribution >= 4 is 5.78 Å². The zero-order valence-corrected chi connectivity index (χ0v) is 5.95. The molecular weight excluding hydrogens is 172 g/mol. The van der Waals surface area contributed by atoms with Crippen LogP contribution in [-0.2, 0) is 4.79 Å². The van der Waals surface area contributed by atoms with Gasteiger partial charge in [-0.05, 0) is 0 Å². The third kappa shape index (κ3) is 2.81. The van der Waals surface area contributed by atoms with Crippen molar-refractivity contribution in [3.63, 3.8) is 0 Å². The summed E-state index contributed by atoms with van der Waals surface area (Å²) in [4.78, 5) is 10.5. The molecule has 0 bridgehead atoms. The Morgan fingerprint density at radius 2 is 1.67 bits per heavy atom. The average molecular weight is 182 g/mol. The average Bonchev–Trinajstić information content (AvgIpc) is 1.98.